The quantitative estimate of drug-likeness (QED) is 0.568. The third-order valence-electron chi connectivity index (χ3n) is 4.86. The van der Waals surface area contributed by atoms with Crippen LogP contribution in [-0.2, 0) is 4.74 Å². The van der Waals surface area contributed by atoms with Gasteiger partial charge in [0.05, 0.1) is 29.0 Å². The Hall–Kier alpha value is -1.80. The highest BCUT2D eigenvalue weighted by Gasteiger charge is 2.24. The topological polar surface area (TPSA) is 45.7 Å². The summed E-state index contributed by atoms with van der Waals surface area (Å²) in [7, 11) is 0. The van der Waals surface area contributed by atoms with Gasteiger partial charge < -0.3 is 4.74 Å². The number of carbonyl (C=O) groups excluding carboxylic acids is 1. The monoisotopic (exact) mass is 459 g/mol. The Labute approximate surface area is 177 Å². The molecule has 0 radical (unpaired) electrons. The van der Waals surface area contributed by atoms with Crippen molar-refractivity contribution in [2.24, 2.45) is 0 Å². The fourth-order valence-electron chi connectivity index (χ4n) is 3.27. The van der Waals surface area contributed by atoms with Gasteiger partial charge in [0.1, 0.15) is 0 Å². The summed E-state index contributed by atoms with van der Waals surface area (Å²) in [5.41, 5.74) is 2.78. The number of carbonyl (C=O) groups is 1. The first-order valence-electron chi connectivity index (χ1n) is 9.35. The van der Waals surface area contributed by atoms with Crippen LogP contribution >= 0.6 is 27.3 Å². The number of rotatable bonds is 5. The van der Waals surface area contributed by atoms with Crippen LogP contribution in [0.5, 0.6) is 0 Å². The first-order chi connectivity index (χ1) is 13.6. The molecule has 0 spiro atoms. The molecule has 0 bridgehead atoms. The minimum absolute atomic E-state index is 0.0310. The summed E-state index contributed by atoms with van der Waals surface area (Å²) in [6, 6.07) is 13.8. The van der Waals surface area contributed by atoms with Crippen molar-refractivity contribution in [2.45, 2.75) is 6.92 Å². The van der Waals surface area contributed by atoms with Gasteiger partial charge in [0.25, 0.3) is 5.91 Å². The molecule has 4 rings (SSSR count). The largest absolute Gasteiger partial charge is 0.379 e. The highest BCUT2D eigenvalue weighted by molar-refractivity contribution is 9.10. The zero-order chi connectivity index (χ0) is 19.5. The van der Waals surface area contributed by atoms with Crippen LogP contribution in [-0.4, -0.2) is 55.2 Å². The summed E-state index contributed by atoms with van der Waals surface area (Å²) in [6.45, 7) is 6.76. The van der Waals surface area contributed by atoms with Crippen molar-refractivity contribution in [2.75, 3.05) is 44.3 Å². The van der Waals surface area contributed by atoms with Gasteiger partial charge >= 0.3 is 0 Å². The molecule has 0 unspecified atom stereocenters. The number of thiazole rings is 1. The van der Waals surface area contributed by atoms with Crippen molar-refractivity contribution in [3.05, 3.63) is 58.1 Å². The number of aryl methyl sites for hydroxylation is 1. The highest BCUT2D eigenvalue weighted by Crippen LogP contribution is 2.31. The summed E-state index contributed by atoms with van der Waals surface area (Å²) in [6.07, 6.45) is 0. The van der Waals surface area contributed by atoms with E-state index in [1.54, 1.807) is 11.3 Å². The molecule has 1 aliphatic rings. The number of hydrogen-bond donors (Lipinski definition) is 0. The van der Waals surface area contributed by atoms with Gasteiger partial charge in [0.15, 0.2) is 5.13 Å². The number of hydrogen-bond acceptors (Lipinski definition) is 5. The molecule has 2 aromatic carbocycles. The smallest absolute Gasteiger partial charge is 0.261 e. The van der Waals surface area contributed by atoms with Crippen LogP contribution < -0.4 is 4.90 Å². The molecule has 3 aromatic rings. The van der Waals surface area contributed by atoms with E-state index in [1.807, 2.05) is 35.2 Å². The van der Waals surface area contributed by atoms with Crippen LogP contribution in [0, 0.1) is 6.92 Å². The molecule has 5 nitrogen and oxygen atoms in total. The minimum Gasteiger partial charge on any atom is -0.379 e. The number of anilines is 1. The normalized spacial score (nSPS) is 15.1. The lowest BCUT2D eigenvalue weighted by Gasteiger charge is -2.29. The molecular weight excluding hydrogens is 438 g/mol. The number of benzene rings is 2. The van der Waals surface area contributed by atoms with E-state index in [0.717, 1.165) is 52.7 Å². The molecule has 1 saturated heterocycles. The summed E-state index contributed by atoms with van der Waals surface area (Å²) >= 11 is 5.09. The summed E-state index contributed by atoms with van der Waals surface area (Å²) in [5.74, 6) is -0.0310. The molecule has 1 fully saturated rings. The molecule has 1 aliphatic heterocycles. The number of ether oxygens (including phenoxy) is 1. The van der Waals surface area contributed by atoms with E-state index < -0.39 is 0 Å². The van der Waals surface area contributed by atoms with E-state index in [2.05, 4.69) is 39.9 Å². The average molecular weight is 460 g/mol. The molecule has 0 atom stereocenters. The molecule has 0 saturated carbocycles. The van der Waals surface area contributed by atoms with E-state index in [4.69, 9.17) is 9.72 Å². The molecule has 1 aromatic heterocycles. The van der Waals surface area contributed by atoms with Gasteiger partial charge in [-0.2, -0.15) is 0 Å². The van der Waals surface area contributed by atoms with Gasteiger partial charge in [-0.05, 0) is 52.7 Å². The third kappa shape index (κ3) is 4.27. The Bertz CT molecular complexity index is 985. The maximum Gasteiger partial charge on any atom is 0.261 e. The van der Waals surface area contributed by atoms with Crippen molar-refractivity contribution in [1.29, 1.82) is 0 Å². The molecule has 1 amide bonds. The molecule has 0 aliphatic carbocycles. The highest BCUT2D eigenvalue weighted by atomic mass is 79.9. The molecule has 28 heavy (non-hydrogen) atoms. The molecule has 7 heteroatoms. The van der Waals surface area contributed by atoms with Gasteiger partial charge in [-0.1, -0.05) is 29.5 Å². The zero-order valence-corrected chi connectivity index (χ0v) is 18.1. The number of aromatic nitrogens is 1. The van der Waals surface area contributed by atoms with E-state index in [1.165, 1.54) is 5.56 Å². The van der Waals surface area contributed by atoms with E-state index >= 15 is 0 Å². The number of halogens is 1. The van der Waals surface area contributed by atoms with Gasteiger partial charge in [0.2, 0.25) is 0 Å². The zero-order valence-electron chi connectivity index (χ0n) is 15.7. The first kappa shape index (κ1) is 19.5. The number of fused-ring (bicyclic) bond motifs is 1. The number of nitrogens with zero attached hydrogens (tertiary/aromatic N) is 3. The summed E-state index contributed by atoms with van der Waals surface area (Å²) in [4.78, 5) is 22.3. The van der Waals surface area contributed by atoms with Gasteiger partial charge in [0, 0.05) is 30.7 Å². The van der Waals surface area contributed by atoms with Crippen molar-refractivity contribution < 1.29 is 9.53 Å². The van der Waals surface area contributed by atoms with Crippen LogP contribution in [0.1, 0.15) is 15.9 Å². The van der Waals surface area contributed by atoms with E-state index in [0.29, 0.717) is 12.1 Å². The molecule has 2 heterocycles. The lowest BCUT2D eigenvalue weighted by atomic mass is 10.2. The van der Waals surface area contributed by atoms with Crippen molar-refractivity contribution in [1.82, 2.24) is 9.88 Å². The second-order valence-corrected chi connectivity index (χ2v) is 8.72. The Kier molecular flexibility index (Phi) is 6.06. The van der Waals surface area contributed by atoms with Crippen molar-refractivity contribution in [3.8, 4) is 0 Å². The van der Waals surface area contributed by atoms with Crippen molar-refractivity contribution >= 4 is 48.5 Å². The van der Waals surface area contributed by atoms with Crippen LogP contribution in [0.25, 0.3) is 10.2 Å². The maximum atomic E-state index is 13.4. The number of amides is 1. The second-order valence-electron chi connectivity index (χ2n) is 6.86. The molecule has 0 N–H and O–H groups in total. The van der Waals surface area contributed by atoms with E-state index in [-0.39, 0.29) is 5.91 Å². The predicted octanol–water partition coefficient (Wildman–Crippen LogP) is 4.35. The summed E-state index contributed by atoms with van der Waals surface area (Å²) < 4.78 is 7.34. The second kappa shape index (κ2) is 8.69. The Morgan fingerprint density at radius 1 is 1.25 bits per heavy atom. The fourth-order valence-corrected chi connectivity index (χ4v) is 4.81. The van der Waals surface area contributed by atoms with Crippen LogP contribution in [0.15, 0.2) is 46.9 Å². The molecule has 146 valence electrons. The van der Waals surface area contributed by atoms with Crippen molar-refractivity contribution in [3.63, 3.8) is 0 Å². The minimum atomic E-state index is -0.0310. The van der Waals surface area contributed by atoms with Crippen LogP contribution in [0.2, 0.25) is 0 Å². The van der Waals surface area contributed by atoms with Gasteiger partial charge in [-0.25, -0.2) is 4.98 Å². The van der Waals surface area contributed by atoms with Gasteiger partial charge in [-0.15, -0.1) is 0 Å². The molecular formula is C21H22BrN3O2S. The SMILES string of the molecule is Cc1ccc2nc(N(CCN3CCOCC3)C(=O)c3ccccc3Br)sc2c1. The lowest BCUT2D eigenvalue weighted by Crippen LogP contribution is -2.43. The summed E-state index contributed by atoms with van der Waals surface area (Å²) in [5, 5.41) is 0.745. The lowest BCUT2D eigenvalue weighted by molar-refractivity contribution is 0.0391. The fraction of sp³-hybridized carbons (Fsp3) is 0.333. The number of morpholine rings is 1. The van der Waals surface area contributed by atoms with Crippen LogP contribution in [0.4, 0.5) is 5.13 Å². The Balaban J connectivity index is 1.65. The Morgan fingerprint density at radius 3 is 2.82 bits per heavy atom. The Morgan fingerprint density at radius 2 is 2.04 bits per heavy atom. The predicted molar refractivity (Wildman–Crippen MR) is 117 cm³/mol. The van der Waals surface area contributed by atoms with E-state index in [9.17, 15) is 4.79 Å². The first-order valence-corrected chi connectivity index (χ1v) is 11.0. The average Bonchev–Trinajstić information content (AvgIpc) is 3.12. The maximum absolute atomic E-state index is 13.4. The standard InChI is InChI=1S/C21H22BrN3O2S/c1-15-6-7-18-19(14-15)28-21(23-18)25(9-8-24-10-12-27-13-11-24)20(26)16-4-2-3-5-17(16)22/h2-7,14H,8-13H2,1H3. The van der Waals surface area contributed by atoms with Crippen LogP contribution in [0.3, 0.4) is 0 Å². The third-order valence-corrected chi connectivity index (χ3v) is 6.59. The van der Waals surface area contributed by atoms with Gasteiger partial charge in [-0.3, -0.25) is 14.6 Å².